The monoisotopic (exact) mass is 391 g/mol. The predicted molar refractivity (Wildman–Crippen MR) is 88.7 cm³/mol. The second-order valence-corrected chi connectivity index (χ2v) is 7.03. The first-order chi connectivity index (χ1) is 10.1. The lowest BCUT2D eigenvalue weighted by atomic mass is 9.84. The van der Waals surface area contributed by atoms with Gasteiger partial charge < -0.3 is 5.11 Å². The highest BCUT2D eigenvalue weighted by atomic mass is 79.9. The Labute approximate surface area is 144 Å². The van der Waals surface area contributed by atoms with Gasteiger partial charge in [-0.15, -0.1) is 12.4 Å². The van der Waals surface area contributed by atoms with Gasteiger partial charge in [0.25, 0.3) is 0 Å². The molecule has 2 aliphatic rings. The van der Waals surface area contributed by atoms with E-state index in [1.807, 2.05) is 11.0 Å². The minimum absolute atomic E-state index is 0. The zero-order chi connectivity index (χ0) is 15.0. The molecule has 1 saturated heterocycles. The molecule has 1 heterocycles. The van der Waals surface area contributed by atoms with Gasteiger partial charge in [-0.05, 0) is 37.3 Å². The first-order valence-electron chi connectivity index (χ1n) is 7.48. The van der Waals surface area contributed by atoms with Gasteiger partial charge >= 0.3 is 5.97 Å². The molecule has 1 aromatic carbocycles. The Balaban J connectivity index is 0.00000176. The van der Waals surface area contributed by atoms with Crippen LogP contribution in [0.2, 0.25) is 0 Å². The van der Waals surface area contributed by atoms with E-state index in [1.165, 1.54) is 12.5 Å². The average Bonchev–Trinajstić information content (AvgIpc) is 2.81. The Kier molecular flexibility index (Phi) is 5.86. The fourth-order valence-electron chi connectivity index (χ4n) is 3.87. The Bertz CT molecular complexity index is 557. The second kappa shape index (κ2) is 7.28. The van der Waals surface area contributed by atoms with E-state index < -0.39 is 12.0 Å². The van der Waals surface area contributed by atoms with Crippen molar-refractivity contribution in [2.75, 3.05) is 0 Å². The van der Waals surface area contributed by atoms with Crippen LogP contribution in [0, 0.1) is 11.7 Å². The molecule has 1 saturated carbocycles. The van der Waals surface area contributed by atoms with Crippen molar-refractivity contribution in [1.82, 2.24) is 4.90 Å². The number of rotatable bonds is 3. The van der Waals surface area contributed by atoms with Crippen LogP contribution in [-0.2, 0) is 11.3 Å². The van der Waals surface area contributed by atoms with Crippen LogP contribution in [0.1, 0.15) is 37.7 Å². The molecule has 2 fully saturated rings. The molecule has 6 heteroatoms. The molecule has 3 rings (SSSR count). The number of halogens is 3. The van der Waals surface area contributed by atoms with Crippen LogP contribution >= 0.6 is 28.3 Å². The van der Waals surface area contributed by atoms with Crippen molar-refractivity contribution in [2.24, 2.45) is 5.92 Å². The van der Waals surface area contributed by atoms with Crippen molar-refractivity contribution in [2.45, 2.75) is 50.7 Å². The van der Waals surface area contributed by atoms with Gasteiger partial charge in [-0.2, -0.15) is 0 Å². The van der Waals surface area contributed by atoms with Crippen LogP contribution in [0.3, 0.4) is 0 Å². The molecule has 1 N–H and O–H groups in total. The number of carboxylic acid groups (broad SMARTS) is 1. The van der Waals surface area contributed by atoms with Crippen LogP contribution in [0.15, 0.2) is 22.7 Å². The highest BCUT2D eigenvalue weighted by Gasteiger charge is 2.45. The highest BCUT2D eigenvalue weighted by Crippen LogP contribution is 2.40. The fraction of sp³-hybridized carbons (Fsp3) is 0.562. The summed E-state index contributed by atoms with van der Waals surface area (Å²) < 4.78 is 14.8. The first-order valence-corrected chi connectivity index (χ1v) is 8.28. The highest BCUT2D eigenvalue weighted by molar-refractivity contribution is 9.10. The zero-order valence-corrected chi connectivity index (χ0v) is 14.6. The summed E-state index contributed by atoms with van der Waals surface area (Å²) in [4.78, 5) is 13.6. The van der Waals surface area contributed by atoms with Crippen LogP contribution < -0.4 is 0 Å². The summed E-state index contributed by atoms with van der Waals surface area (Å²) in [6, 6.07) is 4.82. The van der Waals surface area contributed by atoms with Gasteiger partial charge in [0.15, 0.2) is 0 Å². The average molecular weight is 393 g/mol. The molecule has 0 radical (unpaired) electrons. The van der Waals surface area contributed by atoms with E-state index in [0.717, 1.165) is 19.3 Å². The van der Waals surface area contributed by atoms with Crippen molar-refractivity contribution in [1.29, 1.82) is 0 Å². The third kappa shape index (κ3) is 3.47. The first kappa shape index (κ1) is 17.7. The molecule has 122 valence electrons. The van der Waals surface area contributed by atoms with Gasteiger partial charge in [0.1, 0.15) is 11.9 Å². The lowest BCUT2D eigenvalue weighted by Crippen LogP contribution is -2.41. The molecule has 1 aromatic rings. The number of carbonyl (C=O) groups is 1. The molecule has 1 aliphatic heterocycles. The third-order valence-corrected chi connectivity index (χ3v) is 5.37. The van der Waals surface area contributed by atoms with E-state index in [-0.39, 0.29) is 18.2 Å². The number of hydrogen-bond acceptors (Lipinski definition) is 2. The molecular weight excluding hydrogens is 373 g/mol. The fourth-order valence-corrected chi connectivity index (χ4v) is 4.20. The molecular formula is C16H20BrClFNO2. The molecule has 0 spiro atoms. The van der Waals surface area contributed by atoms with E-state index in [1.54, 1.807) is 6.07 Å². The van der Waals surface area contributed by atoms with Gasteiger partial charge in [-0.25, -0.2) is 4.39 Å². The van der Waals surface area contributed by atoms with E-state index in [0.29, 0.717) is 35.0 Å². The topological polar surface area (TPSA) is 40.5 Å². The summed E-state index contributed by atoms with van der Waals surface area (Å²) in [5.74, 6) is -0.590. The predicted octanol–water partition coefficient (Wildman–Crippen LogP) is 4.23. The van der Waals surface area contributed by atoms with Crippen LogP contribution in [-0.4, -0.2) is 28.1 Å². The summed E-state index contributed by atoms with van der Waals surface area (Å²) in [6.45, 7) is 0.386. The zero-order valence-electron chi connectivity index (χ0n) is 12.2. The van der Waals surface area contributed by atoms with Crippen molar-refractivity contribution in [3.63, 3.8) is 0 Å². The number of carboxylic acids is 1. The smallest absolute Gasteiger partial charge is 0.320 e. The number of benzene rings is 1. The van der Waals surface area contributed by atoms with E-state index in [2.05, 4.69) is 15.9 Å². The number of nitrogens with zero attached hydrogens (tertiary/aromatic N) is 1. The maximum absolute atomic E-state index is 14.1. The van der Waals surface area contributed by atoms with E-state index >= 15 is 0 Å². The Morgan fingerprint density at radius 2 is 2.09 bits per heavy atom. The molecule has 3 unspecified atom stereocenters. The summed E-state index contributed by atoms with van der Waals surface area (Å²) in [7, 11) is 0. The summed E-state index contributed by atoms with van der Waals surface area (Å²) in [5.41, 5.74) is 0.579. The van der Waals surface area contributed by atoms with E-state index in [9.17, 15) is 14.3 Å². The van der Waals surface area contributed by atoms with Crippen molar-refractivity contribution in [3.8, 4) is 0 Å². The van der Waals surface area contributed by atoms with Crippen molar-refractivity contribution < 1.29 is 14.3 Å². The quantitative estimate of drug-likeness (QED) is 0.837. The Hall–Kier alpha value is -0.650. The standard InChI is InChI=1S/C16H19BrFNO2.ClH/c17-12-6-5-11(13(18)8-12)9-19-14-4-2-1-3-10(14)7-15(19)16(20)21;/h5-6,8,10,14-15H,1-4,7,9H2,(H,20,21);1H. The van der Waals surface area contributed by atoms with E-state index in [4.69, 9.17) is 0 Å². The largest absolute Gasteiger partial charge is 0.480 e. The SMILES string of the molecule is Cl.O=C(O)C1CC2CCCCC2N1Cc1ccc(Br)cc1F. The Morgan fingerprint density at radius 3 is 2.77 bits per heavy atom. The number of hydrogen-bond donors (Lipinski definition) is 1. The minimum atomic E-state index is -0.776. The number of likely N-dealkylation sites (tertiary alicyclic amines) is 1. The van der Waals surface area contributed by atoms with Gasteiger partial charge in [-0.3, -0.25) is 9.69 Å². The van der Waals surface area contributed by atoms with Crippen LogP contribution in [0.4, 0.5) is 4.39 Å². The van der Waals surface area contributed by atoms with Crippen LogP contribution in [0.25, 0.3) is 0 Å². The number of fused-ring (bicyclic) bond motifs is 1. The Morgan fingerprint density at radius 1 is 1.36 bits per heavy atom. The summed E-state index contributed by atoms with van der Waals surface area (Å²) in [5, 5.41) is 9.48. The molecule has 0 amide bonds. The van der Waals surface area contributed by atoms with Crippen LogP contribution in [0.5, 0.6) is 0 Å². The molecule has 3 nitrogen and oxygen atoms in total. The molecule has 22 heavy (non-hydrogen) atoms. The van der Waals surface area contributed by atoms with Gasteiger partial charge in [0, 0.05) is 22.6 Å². The molecule has 0 bridgehead atoms. The van der Waals surface area contributed by atoms with Gasteiger partial charge in [-0.1, -0.05) is 34.8 Å². The number of aliphatic carboxylic acids is 1. The second-order valence-electron chi connectivity index (χ2n) is 6.11. The lowest BCUT2D eigenvalue weighted by molar-refractivity contribution is -0.142. The van der Waals surface area contributed by atoms with Gasteiger partial charge in [0.05, 0.1) is 0 Å². The third-order valence-electron chi connectivity index (χ3n) is 4.87. The summed E-state index contributed by atoms with van der Waals surface area (Å²) >= 11 is 3.25. The normalized spacial score (nSPS) is 28.0. The molecule has 1 aliphatic carbocycles. The molecule has 3 atom stereocenters. The molecule has 0 aromatic heterocycles. The van der Waals surface area contributed by atoms with Crippen molar-refractivity contribution in [3.05, 3.63) is 34.1 Å². The van der Waals surface area contributed by atoms with Gasteiger partial charge in [0.2, 0.25) is 0 Å². The lowest BCUT2D eigenvalue weighted by Gasteiger charge is -2.33. The minimum Gasteiger partial charge on any atom is -0.480 e. The maximum Gasteiger partial charge on any atom is 0.320 e. The summed E-state index contributed by atoms with van der Waals surface area (Å²) in [6.07, 6.45) is 5.18. The van der Waals surface area contributed by atoms with Crippen molar-refractivity contribution >= 4 is 34.3 Å². The maximum atomic E-state index is 14.1.